The summed E-state index contributed by atoms with van der Waals surface area (Å²) in [7, 11) is 0. The van der Waals surface area contributed by atoms with Gasteiger partial charge in [-0.3, -0.25) is 9.69 Å². The summed E-state index contributed by atoms with van der Waals surface area (Å²) in [6.45, 7) is 6.70. The van der Waals surface area contributed by atoms with Crippen LogP contribution in [0.5, 0.6) is 0 Å². The van der Waals surface area contributed by atoms with Crippen molar-refractivity contribution < 1.29 is 9.21 Å². The van der Waals surface area contributed by atoms with Gasteiger partial charge in [-0.25, -0.2) is 0 Å². The molecule has 182 valence electrons. The lowest BCUT2D eigenvalue weighted by Crippen LogP contribution is -2.38. The Bertz CT molecular complexity index is 1100. The van der Waals surface area contributed by atoms with Crippen LogP contribution >= 0.6 is 0 Å². The molecular formula is C25H35N7O2. The highest BCUT2D eigenvalue weighted by molar-refractivity contribution is 5.76. The van der Waals surface area contributed by atoms with Crippen LogP contribution in [0.15, 0.2) is 28.7 Å². The van der Waals surface area contributed by atoms with E-state index in [4.69, 9.17) is 9.52 Å². The van der Waals surface area contributed by atoms with Crippen molar-refractivity contribution in [2.45, 2.75) is 77.4 Å². The monoisotopic (exact) mass is 465 g/mol. The third kappa shape index (κ3) is 5.24. The van der Waals surface area contributed by atoms with Gasteiger partial charge in [-0.1, -0.05) is 13.3 Å². The number of nitrogens with one attached hydrogen (secondary N) is 1. The normalized spacial score (nSPS) is 19.2. The van der Waals surface area contributed by atoms with Crippen LogP contribution in [0.3, 0.4) is 0 Å². The quantitative estimate of drug-likeness (QED) is 0.518. The molecule has 0 aliphatic carbocycles. The van der Waals surface area contributed by atoms with E-state index in [1.54, 1.807) is 4.52 Å². The molecular weight excluding hydrogens is 430 g/mol. The Morgan fingerprint density at radius 2 is 1.88 bits per heavy atom. The zero-order valence-electron chi connectivity index (χ0n) is 20.1. The van der Waals surface area contributed by atoms with Gasteiger partial charge in [0.05, 0.1) is 13.1 Å². The maximum absolute atomic E-state index is 12.5. The molecule has 9 nitrogen and oxygen atoms in total. The number of aryl methyl sites for hydroxylation is 1. The predicted molar refractivity (Wildman–Crippen MR) is 129 cm³/mol. The molecule has 0 bridgehead atoms. The lowest BCUT2D eigenvalue weighted by atomic mass is 10.00. The van der Waals surface area contributed by atoms with Gasteiger partial charge in [-0.15, -0.1) is 15.3 Å². The highest BCUT2D eigenvalue weighted by Crippen LogP contribution is 2.22. The van der Waals surface area contributed by atoms with Crippen LogP contribution in [0.25, 0.3) is 5.65 Å². The number of carbonyl (C=O) groups is 1. The Kier molecular flexibility index (Phi) is 7.08. The summed E-state index contributed by atoms with van der Waals surface area (Å²) in [6, 6.07) is 8.59. The molecule has 2 fully saturated rings. The Balaban J connectivity index is 1.12. The molecule has 0 aromatic carbocycles. The van der Waals surface area contributed by atoms with Gasteiger partial charge in [-0.2, -0.15) is 4.52 Å². The first kappa shape index (κ1) is 22.8. The molecule has 1 atom stereocenters. The molecule has 0 spiro atoms. The molecule has 3 aromatic rings. The molecule has 0 saturated carbocycles. The Morgan fingerprint density at radius 3 is 2.74 bits per heavy atom. The molecule has 34 heavy (non-hydrogen) atoms. The number of anilines is 1. The number of hydrogen-bond acceptors (Lipinski definition) is 7. The SMILES string of the molecule is CC[C@H]1CCCCN1Cc1ccc(CNC(=O)CCc2nnc3ccc(N4CCCC4)nn23)o1. The summed E-state index contributed by atoms with van der Waals surface area (Å²) < 4.78 is 7.77. The minimum Gasteiger partial charge on any atom is -0.463 e. The second-order valence-electron chi connectivity index (χ2n) is 9.44. The number of fused-ring (bicyclic) bond motifs is 1. The van der Waals surface area contributed by atoms with E-state index in [0.717, 1.165) is 43.5 Å². The van der Waals surface area contributed by atoms with Crippen molar-refractivity contribution in [3.63, 3.8) is 0 Å². The van der Waals surface area contributed by atoms with Crippen LogP contribution in [0.1, 0.15) is 69.2 Å². The predicted octanol–water partition coefficient (Wildman–Crippen LogP) is 3.33. The van der Waals surface area contributed by atoms with Crippen LogP contribution in [-0.4, -0.2) is 56.3 Å². The number of furan rings is 1. The largest absolute Gasteiger partial charge is 0.463 e. The van der Waals surface area contributed by atoms with E-state index in [0.29, 0.717) is 36.9 Å². The summed E-state index contributed by atoms with van der Waals surface area (Å²) in [5, 5.41) is 16.1. The highest BCUT2D eigenvalue weighted by atomic mass is 16.3. The van der Waals surface area contributed by atoms with Gasteiger partial charge in [0, 0.05) is 32.0 Å². The van der Waals surface area contributed by atoms with E-state index >= 15 is 0 Å². The molecule has 1 N–H and O–H groups in total. The first-order chi connectivity index (χ1) is 16.7. The van der Waals surface area contributed by atoms with Gasteiger partial charge in [0.2, 0.25) is 5.91 Å². The zero-order chi connectivity index (χ0) is 23.3. The van der Waals surface area contributed by atoms with Crippen LogP contribution < -0.4 is 10.2 Å². The lowest BCUT2D eigenvalue weighted by molar-refractivity contribution is -0.121. The Hall–Kier alpha value is -2.94. The summed E-state index contributed by atoms with van der Waals surface area (Å²) in [5.74, 6) is 3.38. The minimum absolute atomic E-state index is 0.0347. The molecule has 1 amide bonds. The number of rotatable bonds is 9. The number of amides is 1. The average molecular weight is 466 g/mol. The van der Waals surface area contributed by atoms with Gasteiger partial charge in [0.15, 0.2) is 11.5 Å². The second-order valence-corrected chi connectivity index (χ2v) is 9.44. The van der Waals surface area contributed by atoms with E-state index < -0.39 is 0 Å². The summed E-state index contributed by atoms with van der Waals surface area (Å²) >= 11 is 0. The molecule has 3 aromatic heterocycles. The Morgan fingerprint density at radius 1 is 1.06 bits per heavy atom. The first-order valence-corrected chi connectivity index (χ1v) is 12.7. The molecule has 5 heterocycles. The third-order valence-corrected chi connectivity index (χ3v) is 7.08. The maximum Gasteiger partial charge on any atom is 0.220 e. The van der Waals surface area contributed by atoms with Gasteiger partial charge in [-0.05, 0) is 62.9 Å². The molecule has 5 rings (SSSR count). The highest BCUT2D eigenvalue weighted by Gasteiger charge is 2.22. The lowest BCUT2D eigenvalue weighted by Gasteiger charge is -2.34. The number of nitrogens with zero attached hydrogens (tertiary/aromatic N) is 6. The fourth-order valence-electron chi connectivity index (χ4n) is 5.13. The van der Waals surface area contributed by atoms with Crippen LogP contribution in [0.2, 0.25) is 0 Å². The van der Waals surface area contributed by atoms with E-state index in [9.17, 15) is 4.79 Å². The molecule has 2 aliphatic rings. The number of likely N-dealkylation sites (tertiary alicyclic amines) is 1. The minimum atomic E-state index is -0.0347. The summed E-state index contributed by atoms with van der Waals surface area (Å²) in [4.78, 5) is 17.3. The number of piperidine rings is 1. The molecule has 9 heteroatoms. The maximum atomic E-state index is 12.5. The Labute approximate surface area is 200 Å². The second kappa shape index (κ2) is 10.5. The standard InChI is InChI=1S/C25H35N7O2/c1-2-19-7-3-4-16-31(19)18-21-9-8-20(34-21)17-26-25(33)13-12-23-28-27-22-10-11-24(29-32(22)23)30-14-5-6-15-30/h8-11,19H,2-7,12-18H2,1H3,(H,26,33)/t19-/m0/s1. The van der Waals surface area contributed by atoms with Crippen molar-refractivity contribution in [3.8, 4) is 0 Å². The third-order valence-electron chi connectivity index (χ3n) is 7.08. The van der Waals surface area contributed by atoms with Gasteiger partial charge in [0.1, 0.15) is 17.3 Å². The summed E-state index contributed by atoms with van der Waals surface area (Å²) in [5.41, 5.74) is 0.709. The molecule has 2 aliphatic heterocycles. The van der Waals surface area contributed by atoms with E-state index in [2.05, 4.69) is 32.2 Å². The number of carbonyl (C=O) groups excluding carboxylic acids is 1. The van der Waals surface area contributed by atoms with Crippen LogP contribution in [0.4, 0.5) is 5.82 Å². The van der Waals surface area contributed by atoms with Crippen LogP contribution in [0, 0.1) is 0 Å². The smallest absolute Gasteiger partial charge is 0.220 e. The van der Waals surface area contributed by atoms with Crippen molar-refractivity contribution in [3.05, 3.63) is 41.6 Å². The van der Waals surface area contributed by atoms with Crippen molar-refractivity contribution in [2.24, 2.45) is 0 Å². The van der Waals surface area contributed by atoms with E-state index in [-0.39, 0.29) is 5.91 Å². The van der Waals surface area contributed by atoms with Crippen LogP contribution in [-0.2, 0) is 24.3 Å². The van der Waals surface area contributed by atoms with Crippen molar-refractivity contribution >= 4 is 17.4 Å². The molecule has 0 unspecified atom stereocenters. The van der Waals surface area contributed by atoms with Crippen molar-refractivity contribution in [2.75, 3.05) is 24.5 Å². The van der Waals surface area contributed by atoms with Crippen molar-refractivity contribution in [1.29, 1.82) is 0 Å². The summed E-state index contributed by atoms with van der Waals surface area (Å²) in [6.07, 6.45) is 8.25. The molecule has 0 radical (unpaired) electrons. The van der Waals surface area contributed by atoms with E-state index in [1.807, 2.05) is 24.3 Å². The average Bonchev–Trinajstić information content (AvgIpc) is 3.63. The number of aromatic nitrogens is 4. The van der Waals surface area contributed by atoms with Gasteiger partial charge < -0.3 is 14.6 Å². The van der Waals surface area contributed by atoms with E-state index in [1.165, 1.54) is 38.5 Å². The fraction of sp³-hybridized carbons (Fsp3) is 0.600. The van der Waals surface area contributed by atoms with Gasteiger partial charge >= 0.3 is 0 Å². The first-order valence-electron chi connectivity index (χ1n) is 12.7. The topological polar surface area (TPSA) is 91.8 Å². The molecule has 2 saturated heterocycles. The van der Waals surface area contributed by atoms with Gasteiger partial charge in [0.25, 0.3) is 0 Å². The zero-order valence-corrected chi connectivity index (χ0v) is 20.1. The van der Waals surface area contributed by atoms with Crippen molar-refractivity contribution in [1.82, 2.24) is 30.0 Å². The number of hydrogen-bond donors (Lipinski definition) is 1. The fourth-order valence-corrected chi connectivity index (χ4v) is 5.13.